The Labute approximate surface area is 216 Å². The third-order valence-electron chi connectivity index (χ3n) is 4.95. The Hall–Kier alpha value is -4.57. The largest absolute Gasteiger partial charge is 0.497 e. The van der Waals surface area contributed by atoms with E-state index in [1.807, 2.05) is 0 Å². The smallest absolute Gasteiger partial charge is 0.349 e. The number of carbonyl (C=O) groups excluding carboxylic acids is 3. The third kappa shape index (κ3) is 7.21. The van der Waals surface area contributed by atoms with E-state index in [1.54, 1.807) is 24.3 Å². The SMILES string of the molecule is COc1cccc(C(=O)O[C@H](C(=O)O)[C@@H](OC(=O)c2cccc(OC)c2)C(=O)Nc2cccc(Cl)c2)c1. The Morgan fingerprint density at radius 1 is 0.757 bits per heavy atom. The lowest BCUT2D eigenvalue weighted by Gasteiger charge is -2.23. The molecule has 192 valence electrons. The topological polar surface area (TPSA) is 137 Å². The van der Waals surface area contributed by atoms with E-state index < -0.39 is 36.0 Å². The number of hydrogen-bond acceptors (Lipinski definition) is 8. The lowest BCUT2D eigenvalue weighted by molar-refractivity contribution is -0.157. The first-order valence-electron chi connectivity index (χ1n) is 10.7. The summed E-state index contributed by atoms with van der Waals surface area (Å²) in [7, 11) is 2.78. The Morgan fingerprint density at radius 2 is 1.27 bits per heavy atom. The van der Waals surface area contributed by atoms with Gasteiger partial charge in [0.25, 0.3) is 5.91 Å². The second kappa shape index (κ2) is 12.4. The standard InChI is InChI=1S/C26H22ClNO9/c1-34-19-10-3-6-15(12-19)25(32)36-21(23(29)28-18-9-5-8-17(27)14-18)22(24(30)31)37-26(33)16-7-4-11-20(13-16)35-2/h3-14,21-22H,1-2H3,(H,28,29)(H,30,31)/t21-,22+/m1/s1. The summed E-state index contributed by atoms with van der Waals surface area (Å²) >= 11 is 5.95. The molecule has 0 spiro atoms. The van der Waals surface area contributed by atoms with Crippen LogP contribution in [-0.2, 0) is 19.1 Å². The first-order valence-corrected chi connectivity index (χ1v) is 11.1. The molecular weight excluding hydrogens is 506 g/mol. The van der Waals surface area contributed by atoms with Crippen molar-refractivity contribution in [1.29, 1.82) is 0 Å². The molecule has 0 radical (unpaired) electrons. The summed E-state index contributed by atoms with van der Waals surface area (Å²) in [6, 6.07) is 17.6. The average Bonchev–Trinajstić information content (AvgIpc) is 2.90. The van der Waals surface area contributed by atoms with E-state index in [0.29, 0.717) is 16.5 Å². The normalized spacial score (nSPS) is 12.0. The molecule has 0 aromatic heterocycles. The van der Waals surface area contributed by atoms with Crippen LogP contribution in [0.25, 0.3) is 0 Å². The minimum atomic E-state index is -2.20. The molecule has 37 heavy (non-hydrogen) atoms. The fraction of sp³-hybridized carbons (Fsp3) is 0.154. The van der Waals surface area contributed by atoms with Gasteiger partial charge in [-0.15, -0.1) is 0 Å². The van der Waals surface area contributed by atoms with Gasteiger partial charge in [0.05, 0.1) is 25.3 Å². The van der Waals surface area contributed by atoms with Crippen molar-refractivity contribution in [2.45, 2.75) is 12.2 Å². The fourth-order valence-corrected chi connectivity index (χ4v) is 3.33. The van der Waals surface area contributed by atoms with Crippen molar-refractivity contribution in [3.05, 3.63) is 88.9 Å². The van der Waals surface area contributed by atoms with Gasteiger partial charge in [-0.25, -0.2) is 14.4 Å². The van der Waals surface area contributed by atoms with E-state index in [2.05, 4.69) is 5.32 Å². The fourth-order valence-electron chi connectivity index (χ4n) is 3.14. The van der Waals surface area contributed by atoms with Crippen LogP contribution in [0.2, 0.25) is 5.02 Å². The number of carboxylic acid groups (broad SMARTS) is 1. The van der Waals surface area contributed by atoms with E-state index in [9.17, 15) is 24.3 Å². The highest BCUT2D eigenvalue weighted by molar-refractivity contribution is 6.30. The predicted octanol–water partition coefficient (Wildman–Crippen LogP) is 3.83. The molecule has 0 saturated carbocycles. The summed E-state index contributed by atoms with van der Waals surface area (Å²) in [6.45, 7) is 0. The number of esters is 2. The maximum absolute atomic E-state index is 13.1. The number of ether oxygens (including phenoxy) is 4. The lowest BCUT2D eigenvalue weighted by Crippen LogP contribution is -2.48. The zero-order chi connectivity index (χ0) is 26.9. The number of benzene rings is 3. The number of anilines is 1. The maximum Gasteiger partial charge on any atom is 0.349 e. The van der Waals surface area contributed by atoms with E-state index in [0.717, 1.165) is 0 Å². The van der Waals surface area contributed by atoms with E-state index >= 15 is 0 Å². The van der Waals surface area contributed by atoms with Crippen molar-refractivity contribution in [3.63, 3.8) is 0 Å². The van der Waals surface area contributed by atoms with Gasteiger partial charge in [0.1, 0.15) is 11.5 Å². The highest BCUT2D eigenvalue weighted by Crippen LogP contribution is 2.20. The van der Waals surface area contributed by atoms with Crippen LogP contribution >= 0.6 is 11.6 Å². The predicted molar refractivity (Wildman–Crippen MR) is 132 cm³/mol. The van der Waals surface area contributed by atoms with Gasteiger partial charge in [-0.3, -0.25) is 4.79 Å². The molecule has 0 bridgehead atoms. The lowest BCUT2D eigenvalue weighted by atomic mass is 10.1. The van der Waals surface area contributed by atoms with Crippen molar-refractivity contribution in [2.24, 2.45) is 0 Å². The minimum absolute atomic E-state index is 0.0248. The number of aliphatic carboxylic acids is 1. The molecule has 3 aromatic carbocycles. The van der Waals surface area contributed by atoms with Crippen LogP contribution < -0.4 is 14.8 Å². The van der Waals surface area contributed by atoms with Crippen molar-refractivity contribution in [3.8, 4) is 11.5 Å². The molecule has 0 saturated heterocycles. The Kier molecular flexibility index (Phi) is 9.06. The van der Waals surface area contributed by atoms with Crippen LogP contribution in [0.3, 0.4) is 0 Å². The van der Waals surface area contributed by atoms with E-state index in [-0.39, 0.29) is 16.8 Å². The monoisotopic (exact) mass is 527 g/mol. The van der Waals surface area contributed by atoms with Gasteiger partial charge >= 0.3 is 17.9 Å². The van der Waals surface area contributed by atoms with Crippen LogP contribution in [0, 0.1) is 0 Å². The molecular formula is C26H22ClNO9. The van der Waals surface area contributed by atoms with Crippen LogP contribution in [-0.4, -0.2) is 55.3 Å². The third-order valence-corrected chi connectivity index (χ3v) is 5.18. The zero-order valence-electron chi connectivity index (χ0n) is 19.7. The van der Waals surface area contributed by atoms with Crippen molar-refractivity contribution in [1.82, 2.24) is 0 Å². The molecule has 11 heteroatoms. The van der Waals surface area contributed by atoms with Crippen molar-refractivity contribution in [2.75, 3.05) is 19.5 Å². The summed E-state index contributed by atoms with van der Waals surface area (Å²) in [5.74, 6) is -4.27. The summed E-state index contributed by atoms with van der Waals surface area (Å²) in [6.07, 6.45) is -4.28. The summed E-state index contributed by atoms with van der Waals surface area (Å²) in [5.41, 5.74) is 0.130. The summed E-state index contributed by atoms with van der Waals surface area (Å²) in [5, 5.41) is 12.6. The van der Waals surface area contributed by atoms with Crippen molar-refractivity contribution >= 4 is 41.1 Å². The minimum Gasteiger partial charge on any atom is -0.497 e. The summed E-state index contributed by atoms with van der Waals surface area (Å²) in [4.78, 5) is 50.9. The number of rotatable bonds is 10. The number of carboxylic acids is 1. The molecule has 0 unspecified atom stereocenters. The van der Waals surface area contributed by atoms with E-state index in [4.69, 9.17) is 30.5 Å². The number of amides is 1. The molecule has 3 aromatic rings. The Bertz CT molecular complexity index is 1310. The molecule has 2 atom stereocenters. The van der Waals surface area contributed by atoms with Crippen LogP contribution in [0.4, 0.5) is 5.69 Å². The second-order valence-electron chi connectivity index (χ2n) is 7.45. The van der Waals surface area contributed by atoms with Gasteiger partial charge in [-0.05, 0) is 54.6 Å². The van der Waals surface area contributed by atoms with Gasteiger partial charge in [-0.1, -0.05) is 29.8 Å². The summed E-state index contributed by atoms with van der Waals surface area (Å²) < 4.78 is 20.6. The van der Waals surface area contributed by atoms with E-state index in [1.165, 1.54) is 62.8 Å². The zero-order valence-corrected chi connectivity index (χ0v) is 20.4. The van der Waals surface area contributed by atoms with Gasteiger partial charge in [0, 0.05) is 10.7 Å². The quantitative estimate of drug-likeness (QED) is 0.377. The van der Waals surface area contributed by atoms with Gasteiger partial charge in [0.2, 0.25) is 12.2 Å². The number of hydrogen-bond donors (Lipinski definition) is 2. The Balaban J connectivity index is 1.93. The molecule has 0 aliphatic rings. The average molecular weight is 528 g/mol. The van der Waals surface area contributed by atoms with Gasteiger partial charge < -0.3 is 29.4 Å². The molecule has 0 aliphatic carbocycles. The number of nitrogens with one attached hydrogen (secondary N) is 1. The molecule has 1 amide bonds. The molecule has 0 fully saturated rings. The van der Waals surface area contributed by atoms with Crippen molar-refractivity contribution < 1.29 is 43.2 Å². The highest BCUT2D eigenvalue weighted by atomic mass is 35.5. The second-order valence-corrected chi connectivity index (χ2v) is 7.89. The number of methoxy groups -OCH3 is 2. The van der Waals surface area contributed by atoms with Gasteiger partial charge in [0.15, 0.2) is 0 Å². The molecule has 0 heterocycles. The molecule has 3 rings (SSSR count). The van der Waals surface area contributed by atoms with Crippen LogP contribution in [0.15, 0.2) is 72.8 Å². The maximum atomic E-state index is 13.1. The van der Waals surface area contributed by atoms with Crippen LogP contribution in [0.1, 0.15) is 20.7 Å². The Morgan fingerprint density at radius 3 is 1.76 bits per heavy atom. The van der Waals surface area contributed by atoms with Gasteiger partial charge in [-0.2, -0.15) is 0 Å². The van der Waals surface area contributed by atoms with Crippen LogP contribution in [0.5, 0.6) is 11.5 Å². The molecule has 2 N–H and O–H groups in total. The molecule has 0 aliphatic heterocycles. The number of carbonyl (C=O) groups is 4. The molecule has 10 nitrogen and oxygen atoms in total. The first-order chi connectivity index (χ1) is 17.7. The first kappa shape index (κ1) is 27.0. The number of halogens is 1. The highest BCUT2D eigenvalue weighted by Gasteiger charge is 2.41.